The molecular weight excluding hydrogens is 505 g/mol. The molecule has 1 amide bonds. The highest BCUT2D eigenvalue weighted by molar-refractivity contribution is 7.92. The summed E-state index contributed by atoms with van der Waals surface area (Å²) >= 11 is 7.18. The van der Waals surface area contributed by atoms with Gasteiger partial charge >= 0.3 is 12.1 Å². The highest BCUT2D eigenvalue weighted by Crippen LogP contribution is 2.39. The largest absolute Gasteiger partial charge is 0.465 e. The molecule has 1 N–H and O–H groups in total. The second-order valence-electron chi connectivity index (χ2n) is 7.39. The lowest BCUT2D eigenvalue weighted by molar-refractivity contribution is -0.137. The highest BCUT2D eigenvalue weighted by atomic mass is 35.5. The quantitative estimate of drug-likeness (QED) is 0.562. The van der Waals surface area contributed by atoms with Crippen LogP contribution in [0.5, 0.6) is 0 Å². The number of nitrogens with one attached hydrogen (secondary N) is 1. The lowest BCUT2D eigenvalue weighted by atomic mass is 9.95. The summed E-state index contributed by atoms with van der Waals surface area (Å²) < 4.78 is 69.5. The van der Waals surface area contributed by atoms with Crippen molar-refractivity contribution in [3.05, 3.63) is 44.8 Å². The fourth-order valence-corrected chi connectivity index (χ4v) is 5.95. The first kappa shape index (κ1) is 25.3. The third-order valence-electron chi connectivity index (χ3n) is 5.04. The topological polar surface area (TPSA) is 92.8 Å². The third-order valence-corrected chi connectivity index (χ3v) is 7.70. The minimum atomic E-state index is -4.74. The van der Waals surface area contributed by atoms with Crippen LogP contribution in [0.3, 0.4) is 0 Å². The van der Waals surface area contributed by atoms with Crippen molar-refractivity contribution in [3.8, 4) is 0 Å². The van der Waals surface area contributed by atoms with Crippen LogP contribution in [0, 0.1) is 0 Å². The number of benzene rings is 1. The summed E-state index contributed by atoms with van der Waals surface area (Å²) in [5.74, 6) is -1.48. The first-order valence-corrected chi connectivity index (χ1v) is 12.7. The van der Waals surface area contributed by atoms with Crippen molar-refractivity contribution in [2.45, 2.75) is 31.9 Å². The Morgan fingerprint density at radius 2 is 1.91 bits per heavy atom. The molecule has 0 atom stereocenters. The number of methoxy groups -OCH3 is 1. The molecule has 0 spiro atoms. The van der Waals surface area contributed by atoms with Crippen LogP contribution in [-0.2, 0) is 38.6 Å². The molecule has 0 radical (unpaired) electrons. The molecule has 180 valence electrons. The van der Waals surface area contributed by atoms with E-state index in [1.54, 1.807) is 0 Å². The third kappa shape index (κ3) is 5.61. The van der Waals surface area contributed by atoms with Crippen LogP contribution in [0.25, 0.3) is 0 Å². The Bertz CT molecular complexity index is 1200. The number of hydrogen-bond acceptors (Lipinski definition) is 6. The van der Waals surface area contributed by atoms with Gasteiger partial charge in [0.05, 0.1) is 35.2 Å². The first-order chi connectivity index (χ1) is 15.3. The number of amides is 1. The summed E-state index contributed by atoms with van der Waals surface area (Å²) in [7, 11) is -2.98. The number of rotatable bonds is 6. The average Bonchev–Trinajstić information content (AvgIpc) is 3.08. The molecule has 0 unspecified atom stereocenters. The van der Waals surface area contributed by atoms with Gasteiger partial charge in [0, 0.05) is 4.88 Å². The second-order valence-corrected chi connectivity index (χ2v) is 10.8. The number of sulfonamides is 1. The molecule has 1 heterocycles. The van der Waals surface area contributed by atoms with Gasteiger partial charge in [-0.15, -0.1) is 11.3 Å². The maximum absolute atomic E-state index is 13.1. The molecule has 0 aliphatic heterocycles. The van der Waals surface area contributed by atoms with E-state index >= 15 is 0 Å². The number of fused-ring (bicyclic) bond motifs is 1. The number of thiophene rings is 1. The number of carbonyl (C=O) groups is 2. The average molecular weight is 525 g/mol. The molecule has 0 fully saturated rings. The van der Waals surface area contributed by atoms with Crippen LogP contribution in [0.15, 0.2) is 18.2 Å². The Hall–Kier alpha value is -2.31. The van der Waals surface area contributed by atoms with Crippen molar-refractivity contribution >= 4 is 55.5 Å². The normalized spacial score (nSPS) is 13.9. The number of carbonyl (C=O) groups excluding carboxylic acids is 2. The van der Waals surface area contributed by atoms with E-state index in [1.807, 2.05) is 0 Å². The zero-order valence-electron chi connectivity index (χ0n) is 17.6. The van der Waals surface area contributed by atoms with Gasteiger partial charge in [0.25, 0.3) is 0 Å². The Kier molecular flexibility index (Phi) is 7.30. The van der Waals surface area contributed by atoms with Crippen molar-refractivity contribution in [1.29, 1.82) is 0 Å². The number of ether oxygens (including phenoxy) is 1. The maximum Gasteiger partial charge on any atom is 0.416 e. The van der Waals surface area contributed by atoms with E-state index in [1.165, 1.54) is 18.4 Å². The van der Waals surface area contributed by atoms with Gasteiger partial charge in [-0.3, -0.25) is 9.10 Å². The van der Waals surface area contributed by atoms with Gasteiger partial charge in [-0.05, 0) is 49.4 Å². The summed E-state index contributed by atoms with van der Waals surface area (Å²) in [5.41, 5.74) is -0.597. The Morgan fingerprint density at radius 3 is 2.52 bits per heavy atom. The van der Waals surface area contributed by atoms with Crippen LogP contribution < -0.4 is 9.62 Å². The Labute approximate surface area is 197 Å². The van der Waals surface area contributed by atoms with E-state index < -0.39 is 45.9 Å². The van der Waals surface area contributed by atoms with Crippen LogP contribution in [0.1, 0.15) is 39.2 Å². The maximum atomic E-state index is 13.1. The molecule has 1 aliphatic rings. The Morgan fingerprint density at radius 1 is 1.24 bits per heavy atom. The monoisotopic (exact) mass is 524 g/mol. The molecule has 0 saturated heterocycles. The summed E-state index contributed by atoms with van der Waals surface area (Å²) in [5, 5.41) is 2.46. The van der Waals surface area contributed by atoms with E-state index in [4.69, 9.17) is 16.3 Å². The number of halogens is 4. The van der Waals surface area contributed by atoms with E-state index in [9.17, 15) is 31.2 Å². The fraction of sp³-hybridized carbons (Fsp3) is 0.400. The van der Waals surface area contributed by atoms with Gasteiger partial charge in [-0.1, -0.05) is 11.6 Å². The van der Waals surface area contributed by atoms with Gasteiger partial charge in [0.1, 0.15) is 11.5 Å². The van der Waals surface area contributed by atoms with Crippen molar-refractivity contribution in [3.63, 3.8) is 0 Å². The molecular formula is C20H20ClF3N2O5S2. The molecule has 1 aliphatic carbocycles. The van der Waals surface area contributed by atoms with Gasteiger partial charge in [0.15, 0.2) is 0 Å². The van der Waals surface area contributed by atoms with Crippen LogP contribution in [0.2, 0.25) is 5.02 Å². The lowest BCUT2D eigenvalue weighted by Gasteiger charge is -2.24. The minimum Gasteiger partial charge on any atom is -0.465 e. The molecule has 1 aromatic heterocycles. The van der Waals surface area contributed by atoms with Gasteiger partial charge in [-0.2, -0.15) is 13.2 Å². The molecule has 13 heteroatoms. The SMILES string of the molecule is COC(=O)c1c(NC(=O)CN(c2cc(C(F)(F)F)ccc2Cl)S(C)(=O)=O)sc2c1CCCC2. The smallest absolute Gasteiger partial charge is 0.416 e. The van der Waals surface area contributed by atoms with Crippen LogP contribution in [0.4, 0.5) is 23.9 Å². The van der Waals surface area contributed by atoms with Gasteiger partial charge < -0.3 is 10.1 Å². The minimum absolute atomic E-state index is 0.211. The zero-order valence-corrected chi connectivity index (χ0v) is 20.0. The standard InChI is InChI=1S/C20H20ClF3N2O5S2/c1-31-19(28)17-12-5-3-4-6-15(12)32-18(17)25-16(27)10-26(33(2,29)30)14-9-11(20(22,23)24)7-8-13(14)21/h7-9H,3-6,10H2,1-2H3,(H,25,27). The molecule has 33 heavy (non-hydrogen) atoms. The molecule has 1 aromatic carbocycles. The van der Waals surface area contributed by atoms with E-state index in [2.05, 4.69) is 5.32 Å². The summed E-state index contributed by atoms with van der Waals surface area (Å²) in [6, 6.07) is 2.20. The highest BCUT2D eigenvalue weighted by Gasteiger charge is 2.33. The zero-order chi connectivity index (χ0) is 24.6. The molecule has 0 saturated carbocycles. The van der Waals surface area contributed by atoms with Crippen LogP contribution in [-0.4, -0.2) is 40.2 Å². The van der Waals surface area contributed by atoms with Crippen LogP contribution >= 0.6 is 22.9 Å². The van der Waals surface area contributed by atoms with Crippen molar-refractivity contribution in [2.75, 3.05) is 29.5 Å². The molecule has 7 nitrogen and oxygen atoms in total. The second kappa shape index (κ2) is 9.51. The first-order valence-electron chi connectivity index (χ1n) is 9.70. The van der Waals surface area contributed by atoms with Crippen molar-refractivity contribution in [2.24, 2.45) is 0 Å². The summed E-state index contributed by atoms with van der Waals surface area (Å²) in [4.78, 5) is 26.0. The molecule has 0 bridgehead atoms. The van der Waals surface area contributed by atoms with Gasteiger partial charge in [-0.25, -0.2) is 13.2 Å². The number of hydrogen-bond donors (Lipinski definition) is 1. The van der Waals surface area contributed by atoms with Crippen molar-refractivity contribution in [1.82, 2.24) is 0 Å². The summed E-state index contributed by atoms with van der Waals surface area (Å²) in [6.45, 7) is -0.844. The van der Waals surface area contributed by atoms with Crippen molar-refractivity contribution < 1.29 is 35.9 Å². The predicted octanol–water partition coefficient (Wildman–Crippen LogP) is 4.49. The van der Waals surface area contributed by atoms with E-state index in [-0.39, 0.29) is 15.6 Å². The van der Waals surface area contributed by atoms with Gasteiger partial charge in [0.2, 0.25) is 15.9 Å². The number of anilines is 2. The number of esters is 1. The Balaban J connectivity index is 1.94. The molecule has 3 rings (SSSR count). The summed E-state index contributed by atoms with van der Waals surface area (Å²) in [6.07, 6.45) is -0.818. The lowest BCUT2D eigenvalue weighted by Crippen LogP contribution is -2.37. The number of nitrogens with zero attached hydrogens (tertiary/aromatic N) is 1. The van der Waals surface area contributed by atoms with E-state index in [0.717, 1.165) is 42.0 Å². The van der Waals surface area contributed by atoms with E-state index in [0.29, 0.717) is 22.9 Å². The fourth-order valence-electron chi connectivity index (χ4n) is 3.53. The predicted molar refractivity (Wildman–Crippen MR) is 120 cm³/mol. The number of alkyl halides is 3. The molecule has 2 aromatic rings. The number of aryl methyl sites for hydroxylation is 1.